The van der Waals surface area contributed by atoms with Crippen LogP contribution in [0.1, 0.15) is 17.0 Å². The first-order valence-corrected chi connectivity index (χ1v) is 7.23. The van der Waals surface area contributed by atoms with Crippen LogP contribution in [0, 0.1) is 11.3 Å². The Morgan fingerprint density at radius 2 is 2.27 bits per heavy atom. The van der Waals surface area contributed by atoms with Crippen LogP contribution in [-0.4, -0.2) is 17.1 Å². The molecule has 0 amide bonds. The number of hydrogen-bond acceptors (Lipinski definition) is 3. The van der Waals surface area contributed by atoms with Crippen LogP contribution in [0.25, 0.3) is 10.9 Å². The van der Waals surface area contributed by atoms with E-state index in [0.717, 1.165) is 27.8 Å². The Bertz CT molecular complexity index is 850. The van der Waals surface area contributed by atoms with E-state index in [2.05, 4.69) is 16.0 Å². The average molecular weight is 312 g/mol. The van der Waals surface area contributed by atoms with E-state index < -0.39 is 0 Å². The first-order valence-electron chi connectivity index (χ1n) is 6.86. The van der Waals surface area contributed by atoms with Crippen LogP contribution in [0.15, 0.2) is 42.9 Å². The number of nitriles is 1. The Morgan fingerprint density at radius 1 is 1.41 bits per heavy atom. The van der Waals surface area contributed by atoms with Gasteiger partial charge in [-0.05, 0) is 41.8 Å². The highest BCUT2D eigenvalue weighted by Crippen LogP contribution is 2.31. The Labute approximate surface area is 133 Å². The molecule has 2 aromatic heterocycles. The molecule has 1 atom stereocenters. The molecule has 3 rings (SSSR count). The molecule has 0 saturated heterocycles. The SMILES string of the molecule is COc1ccc2[nH]cc(C(C#N)Cc3cnccc3Cl)c2c1. The van der Waals surface area contributed by atoms with E-state index in [-0.39, 0.29) is 5.92 Å². The van der Waals surface area contributed by atoms with Crippen LogP contribution in [0.5, 0.6) is 5.75 Å². The van der Waals surface area contributed by atoms with Crippen LogP contribution < -0.4 is 4.74 Å². The molecule has 2 heterocycles. The van der Waals surface area contributed by atoms with E-state index in [1.807, 2.05) is 24.4 Å². The molecular weight excluding hydrogens is 298 g/mol. The van der Waals surface area contributed by atoms with Gasteiger partial charge in [-0.15, -0.1) is 0 Å². The van der Waals surface area contributed by atoms with Crippen molar-refractivity contribution in [3.05, 3.63) is 59.0 Å². The van der Waals surface area contributed by atoms with Crippen molar-refractivity contribution in [2.24, 2.45) is 0 Å². The number of fused-ring (bicyclic) bond motifs is 1. The third-order valence-corrected chi connectivity index (χ3v) is 4.09. The highest BCUT2D eigenvalue weighted by atomic mass is 35.5. The van der Waals surface area contributed by atoms with Crippen molar-refractivity contribution in [1.29, 1.82) is 5.26 Å². The first-order chi connectivity index (χ1) is 10.7. The maximum Gasteiger partial charge on any atom is 0.119 e. The average Bonchev–Trinajstić information content (AvgIpc) is 2.97. The van der Waals surface area contributed by atoms with Gasteiger partial charge in [-0.1, -0.05) is 11.6 Å². The number of ether oxygens (including phenoxy) is 1. The number of aromatic nitrogens is 2. The van der Waals surface area contributed by atoms with E-state index in [4.69, 9.17) is 16.3 Å². The molecule has 0 aliphatic heterocycles. The zero-order valence-electron chi connectivity index (χ0n) is 12.0. The number of benzene rings is 1. The summed E-state index contributed by atoms with van der Waals surface area (Å²) in [5.74, 6) is 0.465. The largest absolute Gasteiger partial charge is 0.497 e. The highest BCUT2D eigenvalue weighted by Gasteiger charge is 2.18. The summed E-state index contributed by atoms with van der Waals surface area (Å²) in [7, 11) is 1.63. The molecule has 3 aromatic rings. The molecule has 5 heteroatoms. The third-order valence-electron chi connectivity index (χ3n) is 3.72. The van der Waals surface area contributed by atoms with Gasteiger partial charge in [-0.3, -0.25) is 4.98 Å². The van der Waals surface area contributed by atoms with Crippen molar-refractivity contribution in [3.63, 3.8) is 0 Å². The van der Waals surface area contributed by atoms with Crippen molar-refractivity contribution in [2.75, 3.05) is 7.11 Å². The zero-order chi connectivity index (χ0) is 15.5. The molecule has 0 radical (unpaired) electrons. The summed E-state index contributed by atoms with van der Waals surface area (Å²) in [5, 5.41) is 11.2. The van der Waals surface area contributed by atoms with Crippen molar-refractivity contribution in [2.45, 2.75) is 12.3 Å². The van der Waals surface area contributed by atoms with Gasteiger partial charge in [0.05, 0.1) is 19.1 Å². The van der Waals surface area contributed by atoms with Crippen molar-refractivity contribution in [1.82, 2.24) is 9.97 Å². The molecule has 1 unspecified atom stereocenters. The Hall–Kier alpha value is -2.51. The lowest BCUT2D eigenvalue weighted by Gasteiger charge is -2.10. The summed E-state index contributed by atoms with van der Waals surface area (Å²) < 4.78 is 5.27. The fourth-order valence-corrected chi connectivity index (χ4v) is 2.72. The van der Waals surface area contributed by atoms with E-state index in [9.17, 15) is 5.26 Å². The maximum absolute atomic E-state index is 9.58. The van der Waals surface area contributed by atoms with E-state index >= 15 is 0 Å². The lowest BCUT2D eigenvalue weighted by molar-refractivity contribution is 0.415. The topological polar surface area (TPSA) is 61.7 Å². The van der Waals surface area contributed by atoms with Crippen molar-refractivity contribution >= 4 is 22.5 Å². The number of methoxy groups -OCH3 is 1. The van der Waals surface area contributed by atoms with Gasteiger partial charge in [-0.25, -0.2) is 0 Å². The summed E-state index contributed by atoms with van der Waals surface area (Å²) in [5.41, 5.74) is 2.79. The molecule has 22 heavy (non-hydrogen) atoms. The molecule has 1 N–H and O–H groups in total. The molecule has 0 spiro atoms. The van der Waals surface area contributed by atoms with Crippen LogP contribution in [0.3, 0.4) is 0 Å². The Kier molecular flexibility index (Phi) is 3.99. The van der Waals surface area contributed by atoms with Gasteiger partial charge in [-0.2, -0.15) is 5.26 Å². The predicted molar refractivity (Wildman–Crippen MR) is 86.2 cm³/mol. The zero-order valence-corrected chi connectivity index (χ0v) is 12.8. The minimum atomic E-state index is -0.303. The van der Waals surface area contributed by atoms with Gasteiger partial charge in [0.15, 0.2) is 0 Å². The minimum absolute atomic E-state index is 0.303. The van der Waals surface area contributed by atoms with E-state index in [1.165, 1.54) is 0 Å². The first kappa shape index (κ1) is 14.4. The van der Waals surface area contributed by atoms with Crippen LogP contribution >= 0.6 is 11.6 Å². The van der Waals surface area contributed by atoms with Gasteiger partial charge in [0, 0.05) is 34.5 Å². The number of hydrogen-bond donors (Lipinski definition) is 1. The monoisotopic (exact) mass is 311 g/mol. The Morgan fingerprint density at radius 3 is 3.00 bits per heavy atom. The van der Waals surface area contributed by atoms with Gasteiger partial charge in [0.2, 0.25) is 0 Å². The second-order valence-corrected chi connectivity index (χ2v) is 5.42. The lowest BCUT2D eigenvalue weighted by atomic mass is 9.93. The van der Waals surface area contributed by atoms with E-state index in [1.54, 1.807) is 25.6 Å². The van der Waals surface area contributed by atoms with Crippen molar-refractivity contribution < 1.29 is 4.74 Å². The summed E-state index contributed by atoms with van der Waals surface area (Å²) in [6.45, 7) is 0. The molecule has 0 aliphatic carbocycles. The number of halogens is 1. The number of rotatable bonds is 4. The second-order valence-electron chi connectivity index (χ2n) is 5.01. The van der Waals surface area contributed by atoms with Crippen LogP contribution in [0.2, 0.25) is 5.02 Å². The molecule has 0 bridgehead atoms. The summed E-state index contributed by atoms with van der Waals surface area (Å²) in [6.07, 6.45) is 5.75. The fourth-order valence-electron chi connectivity index (χ4n) is 2.54. The van der Waals surface area contributed by atoms with Gasteiger partial charge >= 0.3 is 0 Å². The number of aromatic amines is 1. The summed E-state index contributed by atoms with van der Waals surface area (Å²) >= 11 is 6.18. The van der Waals surface area contributed by atoms with Crippen molar-refractivity contribution in [3.8, 4) is 11.8 Å². The quantitative estimate of drug-likeness (QED) is 0.790. The number of H-pyrrole nitrogens is 1. The number of nitrogens with zero attached hydrogens (tertiary/aromatic N) is 2. The van der Waals surface area contributed by atoms with Gasteiger partial charge in [0.25, 0.3) is 0 Å². The second kappa shape index (κ2) is 6.08. The molecular formula is C17H14ClN3O. The third kappa shape index (κ3) is 2.63. The summed E-state index contributed by atoms with van der Waals surface area (Å²) in [6, 6.07) is 9.88. The standard InChI is InChI=1S/C17H14ClN3O/c1-22-13-2-3-17-14(7-13)15(10-21-17)11(8-19)6-12-9-20-5-4-16(12)18/h2-5,7,9-11,21H,6H2,1H3. The maximum atomic E-state index is 9.58. The molecule has 4 nitrogen and oxygen atoms in total. The number of pyridine rings is 1. The molecule has 0 fully saturated rings. The Balaban J connectivity index is 2.01. The van der Waals surface area contributed by atoms with Crippen LogP contribution in [-0.2, 0) is 6.42 Å². The van der Waals surface area contributed by atoms with E-state index in [0.29, 0.717) is 11.4 Å². The smallest absolute Gasteiger partial charge is 0.119 e. The normalized spacial score (nSPS) is 12.0. The molecule has 0 aliphatic rings. The molecule has 110 valence electrons. The molecule has 1 aromatic carbocycles. The highest BCUT2D eigenvalue weighted by molar-refractivity contribution is 6.31. The van der Waals surface area contributed by atoms with Gasteiger partial charge < -0.3 is 9.72 Å². The number of nitrogens with one attached hydrogen (secondary N) is 1. The lowest BCUT2D eigenvalue weighted by Crippen LogP contribution is -2.01. The minimum Gasteiger partial charge on any atom is -0.497 e. The summed E-state index contributed by atoms with van der Waals surface area (Å²) in [4.78, 5) is 7.28. The van der Waals surface area contributed by atoms with Gasteiger partial charge in [0.1, 0.15) is 5.75 Å². The molecule has 0 saturated carbocycles. The fraction of sp³-hybridized carbons (Fsp3) is 0.176. The van der Waals surface area contributed by atoms with Crippen LogP contribution in [0.4, 0.5) is 0 Å². The predicted octanol–water partition coefficient (Wildman–Crippen LogP) is 4.07.